The Bertz CT molecular complexity index is 439. The highest BCUT2D eigenvalue weighted by atomic mass is 79.9. The number of aromatic nitrogens is 2. The van der Waals surface area contributed by atoms with Crippen LogP contribution in [-0.2, 0) is 0 Å². The average Bonchev–Trinajstić information content (AvgIpc) is 3.17. The van der Waals surface area contributed by atoms with Gasteiger partial charge in [-0.15, -0.1) is 0 Å². The topological polar surface area (TPSA) is 29.0 Å². The van der Waals surface area contributed by atoms with Crippen LogP contribution in [0.25, 0.3) is 0 Å². The Labute approximate surface area is 117 Å². The molecular formula is C14H20BrN3. The lowest BCUT2D eigenvalue weighted by Crippen LogP contribution is -2.29. The Morgan fingerprint density at radius 3 is 2.56 bits per heavy atom. The highest BCUT2D eigenvalue weighted by molar-refractivity contribution is 9.10. The summed E-state index contributed by atoms with van der Waals surface area (Å²) >= 11 is 3.52. The van der Waals surface area contributed by atoms with Gasteiger partial charge in [-0.05, 0) is 47.5 Å². The highest BCUT2D eigenvalue weighted by Gasteiger charge is 2.34. The maximum Gasteiger partial charge on any atom is 0.134 e. The smallest absolute Gasteiger partial charge is 0.134 e. The molecule has 0 bridgehead atoms. The molecule has 0 aliphatic heterocycles. The van der Waals surface area contributed by atoms with E-state index >= 15 is 0 Å². The van der Waals surface area contributed by atoms with Crippen LogP contribution in [-0.4, -0.2) is 22.6 Å². The van der Waals surface area contributed by atoms with Gasteiger partial charge in [0.15, 0.2) is 0 Å². The van der Waals surface area contributed by atoms with Crippen LogP contribution < -0.4 is 4.90 Å². The summed E-state index contributed by atoms with van der Waals surface area (Å²) in [6.45, 7) is 5.48. The van der Waals surface area contributed by atoms with Crippen LogP contribution in [0.5, 0.6) is 0 Å². The molecule has 0 aromatic carbocycles. The number of halogens is 1. The van der Waals surface area contributed by atoms with E-state index in [0.717, 1.165) is 28.2 Å². The maximum atomic E-state index is 4.76. The molecule has 2 saturated carbocycles. The summed E-state index contributed by atoms with van der Waals surface area (Å²) in [6.07, 6.45) is 5.44. The monoisotopic (exact) mass is 309 g/mol. The Morgan fingerprint density at radius 2 is 2.00 bits per heavy atom. The third-order valence-electron chi connectivity index (χ3n) is 3.65. The third-order valence-corrected chi connectivity index (χ3v) is 4.06. The quantitative estimate of drug-likeness (QED) is 0.776. The van der Waals surface area contributed by atoms with Gasteiger partial charge in [-0.3, -0.25) is 0 Å². The van der Waals surface area contributed by atoms with Crippen molar-refractivity contribution in [1.82, 2.24) is 9.97 Å². The summed E-state index contributed by atoms with van der Waals surface area (Å²) in [5.41, 5.74) is 0. The second-order valence-corrected chi connectivity index (χ2v) is 6.70. The van der Waals surface area contributed by atoms with Crippen molar-refractivity contribution in [3.63, 3.8) is 0 Å². The van der Waals surface area contributed by atoms with Gasteiger partial charge in [0.25, 0.3) is 0 Å². The van der Waals surface area contributed by atoms with Crippen molar-refractivity contribution in [2.75, 3.05) is 11.4 Å². The largest absolute Gasteiger partial charge is 0.353 e. The van der Waals surface area contributed by atoms with Crippen molar-refractivity contribution in [2.24, 2.45) is 5.92 Å². The summed E-state index contributed by atoms with van der Waals surface area (Å²) in [5, 5.41) is 0. The highest BCUT2D eigenvalue weighted by Crippen LogP contribution is 2.37. The first-order chi connectivity index (χ1) is 8.63. The van der Waals surface area contributed by atoms with Crippen molar-refractivity contribution in [2.45, 2.75) is 51.5 Å². The Kier molecular flexibility index (Phi) is 3.31. The number of nitrogens with zero attached hydrogens (tertiary/aromatic N) is 3. The van der Waals surface area contributed by atoms with Gasteiger partial charge in [0.05, 0.1) is 0 Å². The number of rotatable bonds is 5. The van der Waals surface area contributed by atoms with Crippen molar-refractivity contribution in [3.05, 3.63) is 16.5 Å². The van der Waals surface area contributed by atoms with E-state index in [-0.39, 0.29) is 0 Å². The molecule has 98 valence electrons. The molecule has 1 aromatic heterocycles. The van der Waals surface area contributed by atoms with Crippen molar-refractivity contribution in [3.8, 4) is 0 Å². The summed E-state index contributed by atoms with van der Waals surface area (Å²) in [4.78, 5) is 11.7. The average molecular weight is 310 g/mol. The normalized spacial score (nSPS) is 19.3. The van der Waals surface area contributed by atoms with E-state index in [1.165, 1.54) is 32.2 Å². The minimum atomic E-state index is 0.378. The van der Waals surface area contributed by atoms with Crippen LogP contribution in [0.15, 0.2) is 10.7 Å². The fourth-order valence-electron chi connectivity index (χ4n) is 2.22. The molecule has 0 amide bonds. The molecule has 2 fully saturated rings. The minimum absolute atomic E-state index is 0.378. The van der Waals surface area contributed by atoms with Gasteiger partial charge in [0, 0.05) is 24.6 Å². The number of hydrogen-bond acceptors (Lipinski definition) is 3. The fourth-order valence-corrected chi connectivity index (χ4v) is 2.61. The lowest BCUT2D eigenvalue weighted by Gasteiger charge is -2.24. The molecule has 2 aliphatic carbocycles. The van der Waals surface area contributed by atoms with Crippen LogP contribution in [0, 0.1) is 5.92 Å². The van der Waals surface area contributed by atoms with Gasteiger partial charge in [0.2, 0.25) is 0 Å². The van der Waals surface area contributed by atoms with E-state index in [2.05, 4.69) is 45.7 Å². The molecule has 0 unspecified atom stereocenters. The molecule has 3 nitrogen and oxygen atoms in total. The summed E-state index contributed by atoms with van der Waals surface area (Å²) in [6, 6.07) is 2.81. The van der Waals surface area contributed by atoms with Crippen LogP contribution in [0.3, 0.4) is 0 Å². The predicted octanol–water partition coefficient (Wildman–Crippen LogP) is 3.74. The lowest BCUT2D eigenvalue weighted by atomic mass is 10.2. The molecule has 3 rings (SSSR count). The molecule has 0 radical (unpaired) electrons. The molecule has 4 heteroatoms. The first-order valence-corrected chi connectivity index (χ1v) is 7.74. The van der Waals surface area contributed by atoms with Crippen LogP contribution in [0.2, 0.25) is 0 Å². The van der Waals surface area contributed by atoms with Gasteiger partial charge in [-0.1, -0.05) is 13.8 Å². The second-order valence-electron chi connectivity index (χ2n) is 5.89. The molecule has 0 saturated heterocycles. The molecule has 0 spiro atoms. The molecule has 2 aliphatic rings. The molecule has 1 heterocycles. The van der Waals surface area contributed by atoms with E-state index in [9.17, 15) is 0 Å². The maximum absolute atomic E-state index is 4.76. The Morgan fingerprint density at radius 1 is 1.28 bits per heavy atom. The first-order valence-electron chi connectivity index (χ1n) is 6.94. The molecule has 0 N–H and O–H groups in total. The van der Waals surface area contributed by atoms with E-state index < -0.39 is 0 Å². The standard InChI is InChI=1S/C14H20BrN3/c1-9(2)14-16-12(15)7-13(17-14)18(11-5-6-11)8-10-3-4-10/h7,9-11H,3-6,8H2,1-2H3. The van der Waals surface area contributed by atoms with Gasteiger partial charge in [0.1, 0.15) is 16.2 Å². The molecule has 0 atom stereocenters. The predicted molar refractivity (Wildman–Crippen MR) is 76.9 cm³/mol. The SMILES string of the molecule is CC(C)c1nc(Br)cc(N(CC2CC2)C2CC2)n1. The van der Waals surface area contributed by atoms with E-state index in [0.29, 0.717) is 5.92 Å². The van der Waals surface area contributed by atoms with Crippen molar-refractivity contribution in [1.29, 1.82) is 0 Å². The van der Waals surface area contributed by atoms with Gasteiger partial charge in [-0.2, -0.15) is 0 Å². The number of hydrogen-bond donors (Lipinski definition) is 0. The summed E-state index contributed by atoms with van der Waals surface area (Å²) < 4.78 is 0.914. The Hall–Kier alpha value is -0.640. The van der Waals surface area contributed by atoms with Crippen LogP contribution in [0.1, 0.15) is 51.3 Å². The summed E-state index contributed by atoms with van der Waals surface area (Å²) in [7, 11) is 0. The van der Waals surface area contributed by atoms with Crippen LogP contribution >= 0.6 is 15.9 Å². The zero-order chi connectivity index (χ0) is 12.7. The fraction of sp³-hybridized carbons (Fsp3) is 0.714. The zero-order valence-corrected chi connectivity index (χ0v) is 12.7. The van der Waals surface area contributed by atoms with Gasteiger partial charge < -0.3 is 4.90 Å². The van der Waals surface area contributed by atoms with Crippen LogP contribution in [0.4, 0.5) is 5.82 Å². The minimum Gasteiger partial charge on any atom is -0.353 e. The molecular weight excluding hydrogens is 290 g/mol. The van der Waals surface area contributed by atoms with Crippen molar-refractivity contribution >= 4 is 21.7 Å². The molecule has 1 aromatic rings. The van der Waals surface area contributed by atoms with E-state index in [1.54, 1.807) is 0 Å². The third kappa shape index (κ3) is 2.85. The first kappa shape index (κ1) is 12.4. The second kappa shape index (κ2) is 4.80. The van der Waals surface area contributed by atoms with E-state index in [4.69, 9.17) is 4.98 Å². The van der Waals surface area contributed by atoms with E-state index in [1.807, 2.05) is 0 Å². The number of anilines is 1. The van der Waals surface area contributed by atoms with Crippen molar-refractivity contribution < 1.29 is 0 Å². The van der Waals surface area contributed by atoms with Gasteiger partial charge >= 0.3 is 0 Å². The lowest BCUT2D eigenvalue weighted by molar-refractivity contribution is 0.692. The zero-order valence-electron chi connectivity index (χ0n) is 11.1. The van der Waals surface area contributed by atoms with Gasteiger partial charge in [-0.25, -0.2) is 9.97 Å². The summed E-state index contributed by atoms with van der Waals surface area (Å²) in [5.74, 6) is 3.35. The molecule has 18 heavy (non-hydrogen) atoms. The Balaban J connectivity index is 1.87.